The molecule has 3 aliphatic heterocycles. The van der Waals surface area contributed by atoms with Crippen molar-refractivity contribution >= 4 is 95.1 Å². The largest absolute Gasteiger partial charge is 0.471 e. The van der Waals surface area contributed by atoms with Gasteiger partial charge in [0.1, 0.15) is 61.8 Å². The van der Waals surface area contributed by atoms with E-state index < -0.39 is 258 Å². The molecule has 15 unspecified atom stereocenters. The lowest BCUT2D eigenvalue weighted by Crippen LogP contribution is -2.66. The molecule has 3 aliphatic rings. The van der Waals surface area contributed by atoms with Crippen molar-refractivity contribution in [2.45, 2.75) is 206 Å². The molecule has 15 atom stereocenters. The Balaban J connectivity index is 1.57. The smallest absolute Gasteiger partial charge is 0.463 e. The molecule has 3 fully saturated rings. The topological polar surface area (TPSA) is 579 Å². The molecule has 0 aromatic carbocycles. The predicted molar refractivity (Wildman–Crippen MR) is 407 cm³/mol. The third-order valence-corrected chi connectivity index (χ3v) is 16.8. The first kappa shape index (κ1) is 110. The van der Waals surface area contributed by atoms with Gasteiger partial charge in [-0.05, 0) is 0 Å². The van der Waals surface area contributed by atoms with E-state index in [4.69, 9.17) is 114 Å². The molecule has 3 heterocycles. The van der Waals surface area contributed by atoms with Crippen LogP contribution in [0.3, 0.4) is 0 Å². The van der Waals surface area contributed by atoms with E-state index in [1.807, 2.05) is 5.32 Å². The molecule has 0 radical (unpaired) electrons. The maximum atomic E-state index is 14.1. The van der Waals surface area contributed by atoms with E-state index in [-0.39, 0.29) is 138 Å². The second-order valence-electron chi connectivity index (χ2n) is 27.6. The lowest BCUT2D eigenvalue weighted by Gasteiger charge is -2.44. The lowest BCUT2D eigenvalue weighted by atomic mass is 9.96. The van der Waals surface area contributed by atoms with E-state index in [0.29, 0.717) is 0 Å². The van der Waals surface area contributed by atoms with Gasteiger partial charge in [0, 0.05) is 122 Å². The number of esters is 9. The summed E-state index contributed by atoms with van der Waals surface area (Å²) < 4.78 is 176. The van der Waals surface area contributed by atoms with Gasteiger partial charge in [0.15, 0.2) is 55.5 Å². The SMILES string of the molecule is CC(=O)NC1C(OCCOCCOCCNC(=O)CCOCC(COCCC(=O)NCCOCCOCCOC2OC(COC(C)=O)C(OC(C)=O)C(OC(C)=O)C2NC(C)=O)(COCCC(=O)NCCOCCOCCOC2OC(COC(C)=O)C(OC(C)=O)C(OC(C)=O)C2NC(C)=O)NC(=O)C(F)(F)F)OC(COC(C)=O)C(OC(C)=O)C1OC(C)=O. The monoisotopic (exact) mass is 1810 g/mol. The Morgan fingerprint density at radius 1 is 0.288 bits per heavy atom. The first-order valence-corrected chi connectivity index (χ1v) is 39.7. The Labute approximate surface area is 717 Å². The molecule has 7 amide bonds. The van der Waals surface area contributed by atoms with Gasteiger partial charge >= 0.3 is 65.8 Å². The number of rotatable bonds is 61. The van der Waals surface area contributed by atoms with Crippen molar-refractivity contribution in [3.63, 3.8) is 0 Å². The standard InChI is InChI=1S/C75H118F3N7O40/c1-43(86)82-61-67(120-52(10)95)64(117-49(7)92)55(37-114-46(4)89)123-70(61)111-34-31-105-28-25-102-22-16-79-58(98)13-19-108-40-74(85-73(101)75(76,77)78,41-109-20-14-59(99)80-17-23-103-26-29-106-32-35-112-71-62(83-44(2)87)68(121-53(11)96)65(118-50(8)93)56(124-71)38-115-47(5)90)42-110-21-15-60(100)81-18-24-104-27-30-107-33-36-113-72-63(84-45(3)88)69(122-54(12)97)66(119-51(9)94)57(125-72)39-116-48(6)91/h55-57,61-72H,13-42H2,1-12H3,(H,79,98)(H,80,99)(H,81,100)(H,82,86)(H,83,87)(H,84,88)(H,85,101). The van der Waals surface area contributed by atoms with E-state index in [9.17, 15) is 89.9 Å². The molecule has 0 spiro atoms. The molecule has 0 aromatic rings. The summed E-state index contributed by atoms with van der Waals surface area (Å²) in [6, 6.07) is -3.63. The zero-order valence-electron chi connectivity index (χ0n) is 71.8. The average molecular weight is 1810 g/mol. The van der Waals surface area contributed by atoms with E-state index in [1.165, 1.54) is 20.8 Å². The fourth-order valence-corrected chi connectivity index (χ4v) is 11.8. The highest BCUT2D eigenvalue weighted by Gasteiger charge is 2.55. The Morgan fingerprint density at radius 2 is 0.520 bits per heavy atom. The molecule has 125 heavy (non-hydrogen) atoms. The van der Waals surface area contributed by atoms with E-state index in [0.717, 1.165) is 62.3 Å². The second kappa shape index (κ2) is 60.4. The fourth-order valence-electron chi connectivity index (χ4n) is 11.8. The molecule has 50 heteroatoms. The molecular formula is C75H118F3N7O40. The van der Waals surface area contributed by atoms with Crippen LogP contribution in [0, 0.1) is 0 Å². The van der Waals surface area contributed by atoms with Crippen LogP contribution < -0.4 is 37.2 Å². The normalized spacial score (nSPS) is 22.7. The minimum atomic E-state index is -5.47. The summed E-state index contributed by atoms with van der Waals surface area (Å²) in [6.45, 7) is 7.60. The van der Waals surface area contributed by atoms with E-state index in [2.05, 4.69) is 31.9 Å². The summed E-state index contributed by atoms with van der Waals surface area (Å²) in [5, 5.41) is 17.3. The molecule has 0 saturated carbocycles. The number of alkyl halides is 3. The quantitative estimate of drug-likeness (QED) is 0.0174. The third kappa shape index (κ3) is 47.2. The van der Waals surface area contributed by atoms with Crippen molar-refractivity contribution in [1.29, 1.82) is 0 Å². The number of carbonyl (C=O) groups is 16. The van der Waals surface area contributed by atoms with E-state index >= 15 is 0 Å². The van der Waals surface area contributed by atoms with Crippen LogP contribution in [-0.2, 0) is 190 Å². The molecule has 3 rings (SSSR count). The number of ether oxygens (including phenoxy) is 24. The third-order valence-electron chi connectivity index (χ3n) is 16.8. The van der Waals surface area contributed by atoms with Gasteiger partial charge in [0.2, 0.25) is 35.4 Å². The zero-order chi connectivity index (χ0) is 93.0. The number of nitrogens with one attached hydrogen (secondary N) is 7. The van der Waals surface area contributed by atoms with Gasteiger partial charge in [-0.25, -0.2) is 0 Å². The first-order chi connectivity index (χ1) is 59.2. The lowest BCUT2D eigenvalue weighted by molar-refractivity contribution is -0.279. The van der Waals surface area contributed by atoms with Crippen LogP contribution in [0.15, 0.2) is 0 Å². The number of carbonyl (C=O) groups excluding carboxylic acids is 16. The zero-order valence-corrected chi connectivity index (χ0v) is 71.8. The van der Waals surface area contributed by atoms with Crippen molar-refractivity contribution in [2.24, 2.45) is 0 Å². The Morgan fingerprint density at radius 3 is 0.744 bits per heavy atom. The van der Waals surface area contributed by atoms with Crippen LogP contribution >= 0.6 is 0 Å². The predicted octanol–water partition coefficient (Wildman–Crippen LogP) is -3.91. The summed E-state index contributed by atoms with van der Waals surface area (Å²) >= 11 is 0. The number of hydrogen-bond acceptors (Lipinski definition) is 40. The molecule has 0 aromatic heterocycles. The summed E-state index contributed by atoms with van der Waals surface area (Å²) in [4.78, 5) is 196. The highest BCUT2D eigenvalue weighted by atomic mass is 19.4. The molecule has 47 nitrogen and oxygen atoms in total. The molecule has 714 valence electrons. The van der Waals surface area contributed by atoms with Gasteiger partial charge in [0.25, 0.3) is 0 Å². The van der Waals surface area contributed by atoms with Crippen LogP contribution in [0.25, 0.3) is 0 Å². The van der Waals surface area contributed by atoms with E-state index in [1.54, 1.807) is 0 Å². The molecular weight excluding hydrogens is 1700 g/mol. The molecule has 0 bridgehead atoms. The maximum absolute atomic E-state index is 14.1. The van der Waals surface area contributed by atoms with Gasteiger partial charge in [-0.15, -0.1) is 0 Å². The minimum Gasteiger partial charge on any atom is -0.463 e. The Bertz CT molecular complexity index is 3090. The summed E-state index contributed by atoms with van der Waals surface area (Å²) in [5.74, 6) is -12.9. The number of hydrogen-bond donors (Lipinski definition) is 7. The molecule has 3 saturated heterocycles. The van der Waals surface area contributed by atoms with Crippen LogP contribution in [0.5, 0.6) is 0 Å². The Hall–Kier alpha value is -9.29. The van der Waals surface area contributed by atoms with Crippen molar-refractivity contribution < 1.29 is 204 Å². The van der Waals surface area contributed by atoms with Gasteiger partial charge in [0.05, 0.1) is 139 Å². The van der Waals surface area contributed by atoms with Crippen molar-refractivity contribution in [1.82, 2.24) is 37.2 Å². The average Bonchev–Trinajstić information content (AvgIpc) is 0.798. The van der Waals surface area contributed by atoms with Crippen LogP contribution in [-0.4, -0.2) is 377 Å². The highest BCUT2D eigenvalue weighted by Crippen LogP contribution is 2.32. The van der Waals surface area contributed by atoms with Crippen LogP contribution in [0.2, 0.25) is 0 Å². The number of halogens is 3. The Kier molecular flexibility index (Phi) is 53.1. The summed E-state index contributed by atoms with van der Waals surface area (Å²) in [5.41, 5.74) is -2.18. The highest BCUT2D eigenvalue weighted by molar-refractivity contribution is 5.83. The molecule has 0 aliphatic carbocycles. The van der Waals surface area contributed by atoms with Gasteiger partial charge in [-0.1, -0.05) is 0 Å². The molecule has 7 N–H and O–H groups in total. The van der Waals surface area contributed by atoms with Gasteiger partial charge in [-0.3, -0.25) is 76.7 Å². The minimum absolute atomic E-state index is 0.00587. The van der Waals surface area contributed by atoms with Gasteiger partial charge < -0.3 is 151 Å². The summed E-state index contributed by atoms with van der Waals surface area (Å²) in [7, 11) is 0. The van der Waals surface area contributed by atoms with Crippen molar-refractivity contribution in [3.05, 3.63) is 0 Å². The number of amides is 7. The maximum Gasteiger partial charge on any atom is 0.471 e. The van der Waals surface area contributed by atoms with Crippen molar-refractivity contribution in [3.8, 4) is 0 Å². The van der Waals surface area contributed by atoms with Crippen molar-refractivity contribution in [2.75, 3.05) is 178 Å². The first-order valence-electron chi connectivity index (χ1n) is 39.7. The van der Waals surface area contributed by atoms with Crippen LogP contribution in [0.1, 0.15) is 102 Å². The second-order valence-corrected chi connectivity index (χ2v) is 27.6. The summed E-state index contributed by atoms with van der Waals surface area (Å²) in [6.07, 6.45) is -22.2. The van der Waals surface area contributed by atoms with Crippen LogP contribution in [0.4, 0.5) is 13.2 Å². The fraction of sp³-hybridized carbons (Fsp3) is 0.787. The van der Waals surface area contributed by atoms with Gasteiger partial charge in [-0.2, -0.15) is 13.2 Å².